The zero-order valence-electron chi connectivity index (χ0n) is 9.51. The molecule has 0 amide bonds. The van der Waals surface area contributed by atoms with Gasteiger partial charge in [-0.1, -0.05) is 0 Å². The number of rotatable bonds is 4. The van der Waals surface area contributed by atoms with E-state index in [1.807, 2.05) is 0 Å². The first kappa shape index (κ1) is 12.3. The fraction of sp³-hybridized carbons (Fsp3) is 1.00. The second-order valence-corrected chi connectivity index (χ2v) is 4.77. The van der Waals surface area contributed by atoms with Crippen molar-refractivity contribution in [3.05, 3.63) is 0 Å². The third kappa shape index (κ3) is 4.16. The molecule has 0 radical (unpaired) electrons. The highest BCUT2D eigenvalue weighted by Gasteiger charge is 2.18. The number of nitrogens with zero attached hydrogens (tertiary/aromatic N) is 2. The molecule has 84 valence electrons. The molecule has 0 bridgehead atoms. The summed E-state index contributed by atoms with van der Waals surface area (Å²) in [5, 5.41) is 0. The van der Waals surface area contributed by atoms with E-state index in [-0.39, 0.29) is 0 Å². The van der Waals surface area contributed by atoms with Crippen molar-refractivity contribution in [1.29, 1.82) is 0 Å². The molecule has 0 aliphatic carbocycles. The summed E-state index contributed by atoms with van der Waals surface area (Å²) in [5.74, 6) is 0.808. The zero-order valence-corrected chi connectivity index (χ0v) is 10.3. The zero-order chi connectivity index (χ0) is 10.4. The number of unbranched alkanes of at least 4 members (excludes halogenated alkanes) is 1. The Morgan fingerprint density at radius 2 is 2.07 bits per heavy atom. The first-order valence-corrected chi connectivity index (χ1v) is 6.26. The van der Waals surface area contributed by atoms with Crippen LogP contribution < -0.4 is 0 Å². The maximum absolute atomic E-state index is 5.68. The van der Waals surface area contributed by atoms with Gasteiger partial charge in [0.05, 0.1) is 0 Å². The van der Waals surface area contributed by atoms with Crippen LogP contribution in [0, 0.1) is 0 Å². The summed E-state index contributed by atoms with van der Waals surface area (Å²) in [4.78, 5) is 5.04. The van der Waals surface area contributed by atoms with Gasteiger partial charge in [-0.25, -0.2) is 0 Å². The van der Waals surface area contributed by atoms with Crippen molar-refractivity contribution in [2.75, 3.05) is 39.1 Å². The maximum Gasteiger partial charge on any atom is 0.0223 e. The lowest BCUT2D eigenvalue weighted by Crippen LogP contribution is -2.38. The Kier molecular flexibility index (Phi) is 5.83. The number of alkyl halides is 1. The van der Waals surface area contributed by atoms with E-state index < -0.39 is 0 Å². The molecule has 0 aromatic heterocycles. The number of hydrogen-bond donors (Lipinski definition) is 0. The normalized spacial score (nSPS) is 26.4. The van der Waals surface area contributed by atoms with Gasteiger partial charge in [-0.2, -0.15) is 0 Å². The molecule has 1 atom stereocenters. The summed E-state index contributed by atoms with van der Waals surface area (Å²) in [5.41, 5.74) is 0. The Bertz CT molecular complexity index is 152. The molecule has 1 saturated heterocycles. The van der Waals surface area contributed by atoms with Crippen molar-refractivity contribution in [2.45, 2.75) is 32.2 Å². The van der Waals surface area contributed by atoms with E-state index in [1.165, 1.54) is 39.0 Å². The van der Waals surface area contributed by atoms with Crippen LogP contribution in [0.3, 0.4) is 0 Å². The lowest BCUT2D eigenvalue weighted by molar-refractivity contribution is 0.200. The first-order valence-electron chi connectivity index (χ1n) is 5.72. The van der Waals surface area contributed by atoms with Gasteiger partial charge in [-0.05, 0) is 52.9 Å². The molecule has 0 aromatic rings. The average Bonchev–Trinajstić information content (AvgIpc) is 2.29. The molecule has 0 N–H and O–H groups in total. The fourth-order valence-corrected chi connectivity index (χ4v) is 2.35. The summed E-state index contributed by atoms with van der Waals surface area (Å²) in [6.45, 7) is 7.27. The van der Waals surface area contributed by atoms with E-state index in [0.29, 0.717) is 6.04 Å². The number of halogens is 1. The number of hydrogen-bond acceptors (Lipinski definition) is 2. The minimum atomic E-state index is 0.706. The van der Waals surface area contributed by atoms with Crippen LogP contribution in [0.5, 0.6) is 0 Å². The van der Waals surface area contributed by atoms with Crippen LogP contribution in [0.2, 0.25) is 0 Å². The molecule has 3 heteroatoms. The molecule has 1 aliphatic rings. The predicted molar refractivity (Wildman–Crippen MR) is 63.1 cm³/mol. The standard InChI is InChI=1S/C11H23ClN2/c1-11-10-13(2)7-5-9-14(11)8-4-3-6-12/h11H,3-10H2,1-2H3. The smallest absolute Gasteiger partial charge is 0.0223 e. The molecule has 1 aliphatic heterocycles. The van der Waals surface area contributed by atoms with Gasteiger partial charge >= 0.3 is 0 Å². The van der Waals surface area contributed by atoms with Crippen LogP contribution >= 0.6 is 11.6 Å². The monoisotopic (exact) mass is 218 g/mol. The van der Waals surface area contributed by atoms with Crippen LogP contribution in [-0.4, -0.2) is 54.9 Å². The molecule has 0 aromatic carbocycles. The van der Waals surface area contributed by atoms with E-state index in [9.17, 15) is 0 Å². The average molecular weight is 219 g/mol. The lowest BCUT2D eigenvalue weighted by Gasteiger charge is -2.27. The van der Waals surface area contributed by atoms with E-state index >= 15 is 0 Å². The SMILES string of the molecule is CC1CN(C)CCCN1CCCCCl. The highest BCUT2D eigenvalue weighted by atomic mass is 35.5. The molecule has 0 spiro atoms. The lowest BCUT2D eigenvalue weighted by atomic mass is 10.2. The molecular formula is C11H23ClN2. The quantitative estimate of drug-likeness (QED) is 0.527. The van der Waals surface area contributed by atoms with Gasteiger partial charge < -0.3 is 4.90 Å². The van der Waals surface area contributed by atoms with Crippen molar-refractivity contribution < 1.29 is 0 Å². The molecule has 0 saturated carbocycles. The molecule has 1 heterocycles. The van der Waals surface area contributed by atoms with Gasteiger partial charge in [0.1, 0.15) is 0 Å². The molecule has 2 nitrogen and oxygen atoms in total. The van der Waals surface area contributed by atoms with Crippen molar-refractivity contribution in [3.8, 4) is 0 Å². The van der Waals surface area contributed by atoms with E-state index in [4.69, 9.17) is 11.6 Å². The largest absolute Gasteiger partial charge is 0.305 e. The summed E-state index contributed by atoms with van der Waals surface area (Å²) >= 11 is 5.68. The molecular weight excluding hydrogens is 196 g/mol. The summed E-state index contributed by atoms with van der Waals surface area (Å²) < 4.78 is 0. The van der Waals surface area contributed by atoms with Crippen LogP contribution in [0.25, 0.3) is 0 Å². The summed E-state index contributed by atoms with van der Waals surface area (Å²) in [6.07, 6.45) is 3.71. The van der Waals surface area contributed by atoms with Crippen LogP contribution in [0.15, 0.2) is 0 Å². The topological polar surface area (TPSA) is 6.48 Å². The van der Waals surface area contributed by atoms with E-state index in [0.717, 1.165) is 12.3 Å². The Morgan fingerprint density at radius 1 is 1.29 bits per heavy atom. The minimum absolute atomic E-state index is 0.706. The molecule has 1 fully saturated rings. The second-order valence-electron chi connectivity index (χ2n) is 4.40. The first-order chi connectivity index (χ1) is 6.74. The van der Waals surface area contributed by atoms with Gasteiger partial charge in [0.2, 0.25) is 0 Å². The highest BCUT2D eigenvalue weighted by molar-refractivity contribution is 6.17. The van der Waals surface area contributed by atoms with Crippen molar-refractivity contribution in [2.24, 2.45) is 0 Å². The Balaban J connectivity index is 2.27. The predicted octanol–water partition coefficient (Wildman–Crippen LogP) is 2.03. The minimum Gasteiger partial charge on any atom is -0.305 e. The summed E-state index contributed by atoms with van der Waals surface area (Å²) in [6, 6.07) is 0.706. The van der Waals surface area contributed by atoms with Crippen molar-refractivity contribution in [3.63, 3.8) is 0 Å². The molecule has 1 rings (SSSR count). The van der Waals surface area contributed by atoms with Gasteiger partial charge in [0.15, 0.2) is 0 Å². The van der Waals surface area contributed by atoms with Gasteiger partial charge in [-0.3, -0.25) is 4.90 Å². The van der Waals surface area contributed by atoms with Gasteiger partial charge in [-0.15, -0.1) is 11.6 Å². The third-order valence-corrected chi connectivity index (χ3v) is 3.28. The third-order valence-electron chi connectivity index (χ3n) is 3.01. The molecule has 14 heavy (non-hydrogen) atoms. The fourth-order valence-electron chi connectivity index (χ4n) is 2.16. The highest BCUT2D eigenvalue weighted by Crippen LogP contribution is 2.09. The molecule has 1 unspecified atom stereocenters. The maximum atomic E-state index is 5.68. The van der Waals surface area contributed by atoms with Crippen LogP contribution in [0.1, 0.15) is 26.2 Å². The van der Waals surface area contributed by atoms with E-state index in [2.05, 4.69) is 23.8 Å². The Morgan fingerprint density at radius 3 is 2.79 bits per heavy atom. The Labute approximate surface area is 93.2 Å². The second kappa shape index (κ2) is 6.65. The Hall–Kier alpha value is 0.210. The van der Waals surface area contributed by atoms with E-state index in [1.54, 1.807) is 0 Å². The van der Waals surface area contributed by atoms with Crippen molar-refractivity contribution >= 4 is 11.6 Å². The van der Waals surface area contributed by atoms with Gasteiger partial charge in [0.25, 0.3) is 0 Å². The van der Waals surface area contributed by atoms with Crippen LogP contribution in [0.4, 0.5) is 0 Å². The summed E-state index contributed by atoms with van der Waals surface area (Å²) in [7, 11) is 2.22. The van der Waals surface area contributed by atoms with Crippen LogP contribution in [-0.2, 0) is 0 Å². The van der Waals surface area contributed by atoms with Gasteiger partial charge in [0, 0.05) is 18.5 Å². The van der Waals surface area contributed by atoms with Crippen molar-refractivity contribution in [1.82, 2.24) is 9.80 Å². The number of likely N-dealkylation sites (N-methyl/N-ethyl adjacent to an activating group) is 1.